The Kier molecular flexibility index (Phi) is 3.55. The van der Waals surface area contributed by atoms with E-state index in [1.165, 1.54) is 15.8 Å². The molecule has 21 heavy (non-hydrogen) atoms. The Balaban J connectivity index is 2.18. The number of rotatable bonds is 3. The normalized spacial score (nSPS) is 10.9. The SMILES string of the molecule is COc1cc(OC)cc(-c2nc3c(C)cc(C)cc3s2)c1. The first-order valence-corrected chi connectivity index (χ1v) is 7.53. The molecule has 0 spiro atoms. The van der Waals surface area contributed by atoms with Crippen LogP contribution in [0.2, 0.25) is 0 Å². The first kappa shape index (κ1) is 13.9. The molecular formula is C17H17NO2S. The van der Waals surface area contributed by atoms with Crippen LogP contribution in [0.3, 0.4) is 0 Å². The minimum Gasteiger partial charge on any atom is -0.497 e. The lowest BCUT2D eigenvalue weighted by atomic mass is 10.1. The highest BCUT2D eigenvalue weighted by molar-refractivity contribution is 7.21. The van der Waals surface area contributed by atoms with E-state index in [1.54, 1.807) is 25.6 Å². The second kappa shape index (κ2) is 5.37. The molecule has 1 heterocycles. The van der Waals surface area contributed by atoms with Gasteiger partial charge in [-0.15, -0.1) is 11.3 Å². The predicted molar refractivity (Wildman–Crippen MR) is 87.6 cm³/mol. The Hall–Kier alpha value is -2.07. The molecule has 0 radical (unpaired) electrons. The van der Waals surface area contributed by atoms with Gasteiger partial charge in [-0.1, -0.05) is 6.07 Å². The molecule has 0 aliphatic rings. The zero-order chi connectivity index (χ0) is 15.0. The van der Waals surface area contributed by atoms with E-state index in [2.05, 4.69) is 26.0 Å². The number of thiazole rings is 1. The van der Waals surface area contributed by atoms with Crippen molar-refractivity contribution in [3.8, 4) is 22.1 Å². The fraction of sp³-hybridized carbons (Fsp3) is 0.235. The van der Waals surface area contributed by atoms with Crippen molar-refractivity contribution >= 4 is 21.6 Å². The van der Waals surface area contributed by atoms with Crippen molar-refractivity contribution in [2.75, 3.05) is 14.2 Å². The second-order valence-corrected chi connectivity index (χ2v) is 6.08. The number of hydrogen-bond donors (Lipinski definition) is 0. The molecule has 3 rings (SSSR count). The van der Waals surface area contributed by atoms with E-state index >= 15 is 0 Å². The average Bonchev–Trinajstić information content (AvgIpc) is 2.91. The maximum atomic E-state index is 5.33. The molecule has 2 aromatic carbocycles. The van der Waals surface area contributed by atoms with E-state index in [-0.39, 0.29) is 0 Å². The van der Waals surface area contributed by atoms with Gasteiger partial charge < -0.3 is 9.47 Å². The van der Waals surface area contributed by atoms with Gasteiger partial charge in [0.2, 0.25) is 0 Å². The first-order valence-electron chi connectivity index (χ1n) is 6.72. The lowest BCUT2D eigenvalue weighted by Crippen LogP contribution is -1.88. The van der Waals surface area contributed by atoms with Crippen molar-refractivity contribution in [1.29, 1.82) is 0 Å². The van der Waals surface area contributed by atoms with E-state index in [0.717, 1.165) is 27.6 Å². The van der Waals surface area contributed by atoms with Gasteiger partial charge in [-0.2, -0.15) is 0 Å². The third-order valence-electron chi connectivity index (χ3n) is 3.43. The van der Waals surface area contributed by atoms with E-state index in [1.807, 2.05) is 18.2 Å². The Morgan fingerprint density at radius 2 is 1.57 bits per heavy atom. The molecule has 0 unspecified atom stereocenters. The van der Waals surface area contributed by atoms with Crippen molar-refractivity contribution in [3.05, 3.63) is 41.5 Å². The molecule has 3 nitrogen and oxygen atoms in total. The van der Waals surface area contributed by atoms with Crippen LogP contribution in [0.4, 0.5) is 0 Å². The zero-order valence-electron chi connectivity index (χ0n) is 12.6. The van der Waals surface area contributed by atoms with Crippen molar-refractivity contribution in [3.63, 3.8) is 0 Å². The minimum atomic E-state index is 0.775. The van der Waals surface area contributed by atoms with E-state index < -0.39 is 0 Å². The molecule has 0 aliphatic heterocycles. The third kappa shape index (κ3) is 2.59. The third-order valence-corrected chi connectivity index (χ3v) is 4.48. The van der Waals surface area contributed by atoms with E-state index in [9.17, 15) is 0 Å². The van der Waals surface area contributed by atoms with Crippen molar-refractivity contribution in [1.82, 2.24) is 4.98 Å². The van der Waals surface area contributed by atoms with Crippen LogP contribution in [-0.4, -0.2) is 19.2 Å². The Labute approximate surface area is 128 Å². The Morgan fingerprint density at radius 1 is 0.905 bits per heavy atom. The number of nitrogens with zero attached hydrogens (tertiary/aromatic N) is 1. The summed E-state index contributed by atoms with van der Waals surface area (Å²) < 4.78 is 11.9. The van der Waals surface area contributed by atoms with E-state index in [4.69, 9.17) is 14.5 Å². The maximum Gasteiger partial charge on any atom is 0.124 e. The molecule has 0 atom stereocenters. The standard InChI is InChI=1S/C17H17NO2S/c1-10-5-11(2)16-15(6-10)21-17(18-16)12-7-13(19-3)9-14(8-12)20-4/h5-9H,1-4H3. The van der Waals surface area contributed by atoms with Gasteiger partial charge in [-0.3, -0.25) is 0 Å². The molecular weight excluding hydrogens is 282 g/mol. The molecule has 3 aromatic rings. The number of methoxy groups -OCH3 is 2. The topological polar surface area (TPSA) is 31.4 Å². The van der Waals surface area contributed by atoms with Crippen molar-refractivity contribution in [2.24, 2.45) is 0 Å². The molecule has 0 saturated carbocycles. The molecule has 0 fully saturated rings. The fourth-order valence-electron chi connectivity index (χ4n) is 2.42. The summed E-state index contributed by atoms with van der Waals surface area (Å²) in [5.41, 5.74) is 4.56. The van der Waals surface area contributed by atoms with E-state index in [0.29, 0.717) is 0 Å². The van der Waals surface area contributed by atoms with Gasteiger partial charge in [0.25, 0.3) is 0 Å². The number of aryl methyl sites for hydroxylation is 2. The summed E-state index contributed by atoms with van der Waals surface area (Å²) in [7, 11) is 3.31. The molecule has 108 valence electrons. The first-order chi connectivity index (χ1) is 10.1. The molecule has 1 aromatic heterocycles. The van der Waals surface area contributed by atoms with Crippen LogP contribution in [-0.2, 0) is 0 Å². The average molecular weight is 299 g/mol. The van der Waals surface area contributed by atoms with Gasteiger partial charge in [0, 0.05) is 11.6 Å². The van der Waals surface area contributed by atoms with Crippen LogP contribution in [0.15, 0.2) is 30.3 Å². The lowest BCUT2D eigenvalue weighted by molar-refractivity contribution is 0.394. The summed E-state index contributed by atoms with van der Waals surface area (Å²) >= 11 is 1.69. The van der Waals surface area contributed by atoms with Crippen LogP contribution in [0.5, 0.6) is 11.5 Å². The second-order valence-electron chi connectivity index (χ2n) is 5.05. The molecule has 0 aliphatic carbocycles. The van der Waals surface area contributed by atoms with Gasteiger partial charge in [0.05, 0.1) is 24.4 Å². The molecule has 0 N–H and O–H groups in total. The molecule has 4 heteroatoms. The predicted octanol–water partition coefficient (Wildman–Crippen LogP) is 4.60. The smallest absolute Gasteiger partial charge is 0.124 e. The van der Waals surface area contributed by atoms with Gasteiger partial charge in [-0.05, 0) is 43.2 Å². The largest absolute Gasteiger partial charge is 0.497 e. The summed E-state index contributed by atoms with van der Waals surface area (Å²) in [4.78, 5) is 4.78. The van der Waals surface area contributed by atoms with Crippen LogP contribution < -0.4 is 9.47 Å². The summed E-state index contributed by atoms with van der Waals surface area (Å²) in [6, 6.07) is 10.2. The van der Waals surface area contributed by atoms with Crippen LogP contribution >= 0.6 is 11.3 Å². The van der Waals surface area contributed by atoms with Crippen LogP contribution in [0.25, 0.3) is 20.8 Å². The van der Waals surface area contributed by atoms with Gasteiger partial charge in [0.15, 0.2) is 0 Å². The molecule has 0 saturated heterocycles. The van der Waals surface area contributed by atoms with Crippen LogP contribution in [0, 0.1) is 13.8 Å². The van der Waals surface area contributed by atoms with Gasteiger partial charge in [0.1, 0.15) is 16.5 Å². The van der Waals surface area contributed by atoms with Crippen LogP contribution in [0.1, 0.15) is 11.1 Å². The highest BCUT2D eigenvalue weighted by atomic mass is 32.1. The number of ether oxygens (including phenoxy) is 2. The highest BCUT2D eigenvalue weighted by Gasteiger charge is 2.11. The van der Waals surface area contributed by atoms with Crippen molar-refractivity contribution in [2.45, 2.75) is 13.8 Å². The Bertz CT molecular complexity index is 786. The Morgan fingerprint density at radius 3 is 2.19 bits per heavy atom. The molecule has 0 amide bonds. The molecule has 0 bridgehead atoms. The van der Waals surface area contributed by atoms with Gasteiger partial charge >= 0.3 is 0 Å². The number of benzene rings is 2. The summed E-state index contributed by atoms with van der Waals surface area (Å²) in [6.07, 6.45) is 0. The van der Waals surface area contributed by atoms with Crippen molar-refractivity contribution < 1.29 is 9.47 Å². The number of hydrogen-bond acceptors (Lipinski definition) is 4. The summed E-state index contributed by atoms with van der Waals surface area (Å²) in [5.74, 6) is 1.55. The number of fused-ring (bicyclic) bond motifs is 1. The fourth-order valence-corrected chi connectivity index (χ4v) is 3.55. The van der Waals surface area contributed by atoms with Gasteiger partial charge in [-0.25, -0.2) is 4.98 Å². The zero-order valence-corrected chi connectivity index (χ0v) is 13.4. The quantitative estimate of drug-likeness (QED) is 0.708. The minimum absolute atomic E-state index is 0.775. The maximum absolute atomic E-state index is 5.33. The monoisotopic (exact) mass is 299 g/mol. The highest BCUT2D eigenvalue weighted by Crippen LogP contribution is 2.36. The summed E-state index contributed by atoms with van der Waals surface area (Å²) in [5, 5.41) is 0.982. The number of aromatic nitrogens is 1. The summed E-state index contributed by atoms with van der Waals surface area (Å²) in [6.45, 7) is 4.21. The lowest BCUT2D eigenvalue weighted by Gasteiger charge is -2.06.